The number of carbonyl (C=O) groups excluding carboxylic acids is 2. The molecule has 2 aromatic heterocycles. The molecule has 0 saturated heterocycles. The molecule has 0 atom stereocenters. The summed E-state index contributed by atoms with van der Waals surface area (Å²) >= 11 is 2.83. The quantitative estimate of drug-likeness (QED) is 0.0784. The highest BCUT2D eigenvalue weighted by atomic mass is 32.1. The predicted molar refractivity (Wildman–Crippen MR) is 221 cm³/mol. The number of benzene rings is 2. The van der Waals surface area contributed by atoms with E-state index in [1.807, 2.05) is 60.7 Å². The Kier molecular flexibility index (Phi) is 12.1. The van der Waals surface area contributed by atoms with Crippen LogP contribution in [0.5, 0.6) is 5.75 Å². The topological polar surface area (TPSA) is 132 Å². The van der Waals surface area contributed by atoms with E-state index < -0.39 is 23.1 Å². The number of phenols is 1. The molecule has 0 aliphatic carbocycles. The second-order valence-electron chi connectivity index (χ2n) is 17.1. The molecule has 0 radical (unpaired) electrons. The fraction of sp³-hybridized carbons (Fsp3) is 0.364. The number of nitrogens with one attached hydrogen (secondary N) is 1. The van der Waals surface area contributed by atoms with Crippen molar-refractivity contribution >= 4 is 58.1 Å². The molecule has 282 valence electrons. The Bertz CT molecular complexity index is 2210. The van der Waals surface area contributed by atoms with E-state index in [1.165, 1.54) is 34.8 Å². The highest BCUT2D eigenvalue weighted by Crippen LogP contribution is 2.45. The van der Waals surface area contributed by atoms with Gasteiger partial charge in [-0.25, -0.2) is 9.59 Å². The zero-order chi connectivity index (χ0) is 40.4. The predicted octanol–water partition coefficient (Wildman–Crippen LogP) is 11.7. The number of rotatable bonds is 8. The summed E-state index contributed by atoms with van der Waals surface area (Å²) in [5, 5.41) is 34.7. The maximum Gasteiger partial charge on any atom is 0.349 e. The van der Waals surface area contributed by atoms with Crippen molar-refractivity contribution in [1.29, 1.82) is 10.5 Å². The number of aromatic hydroxyl groups is 1. The van der Waals surface area contributed by atoms with E-state index in [0.717, 1.165) is 37.7 Å². The summed E-state index contributed by atoms with van der Waals surface area (Å²) in [5.74, 6) is -1.20. The summed E-state index contributed by atoms with van der Waals surface area (Å²) in [6.45, 7) is 23.1. The summed E-state index contributed by atoms with van der Waals surface area (Å²) in [6, 6.07) is 21.5. The van der Waals surface area contributed by atoms with Gasteiger partial charge in [0.15, 0.2) is 0 Å². The number of hydrogen-bond acceptors (Lipinski definition) is 10. The van der Waals surface area contributed by atoms with E-state index in [2.05, 4.69) is 52.9 Å². The van der Waals surface area contributed by atoms with Gasteiger partial charge < -0.3 is 19.9 Å². The summed E-state index contributed by atoms with van der Waals surface area (Å²) in [5.41, 5.74) is 2.73. The zero-order valence-electron chi connectivity index (χ0n) is 33.1. The van der Waals surface area contributed by atoms with Gasteiger partial charge in [-0.1, -0.05) is 53.7 Å². The standard InChI is InChI=1S/C44H49N3O5S2/c1-41(2,3)29-22-33(42(4,5)6)38(48)35(23-29)47-34-16-13-26(36-17-14-30(53-36)19-27(24-45)39(49)51-43(7,8)9)21-32(34)37-18-15-31(54-37)20-28(25-46)40(50)52-44(10,11)12/h13-23,47-48H,1-12H3/b27-19+,28-20+. The minimum Gasteiger partial charge on any atom is -0.505 e. The highest BCUT2D eigenvalue weighted by Gasteiger charge is 2.26. The first-order valence-electron chi connectivity index (χ1n) is 17.6. The molecule has 0 unspecified atom stereocenters. The van der Waals surface area contributed by atoms with E-state index in [0.29, 0.717) is 15.4 Å². The maximum atomic E-state index is 12.8. The van der Waals surface area contributed by atoms with Gasteiger partial charge in [-0.2, -0.15) is 10.5 Å². The normalized spacial score (nSPS) is 12.9. The van der Waals surface area contributed by atoms with Gasteiger partial charge in [-0.15, -0.1) is 22.7 Å². The number of phenolic OH excluding ortho intramolecular Hbond substituents is 1. The van der Waals surface area contributed by atoms with Gasteiger partial charge >= 0.3 is 11.9 Å². The van der Waals surface area contributed by atoms with E-state index in [4.69, 9.17) is 9.47 Å². The second kappa shape index (κ2) is 15.7. The van der Waals surface area contributed by atoms with Gasteiger partial charge in [0.1, 0.15) is 40.2 Å². The Labute approximate surface area is 327 Å². The Hall–Kier alpha value is -5.16. The van der Waals surface area contributed by atoms with Crippen molar-refractivity contribution in [2.45, 2.75) is 105 Å². The van der Waals surface area contributed by atoms with Crippen molar-refractivity contribution in [2.75, 3.05) is 5.32 Å². The molecule has 54 heavy (non-hydrogen) atoms. The van der Waals surface area contributed by atoms with Gasteiger partial charge in [-0.3, -0.25) is 0 Å². The van der Waals surface area contributed by atoms with Crippen LogP contribution in [0.4, 0.5) is 11.4 Å². The van der Waals surface area contributed by atoms with E-state index in [9.17, 15) is 25.2 Å². The lowest BCUT2D eigenvalue weighted by molar-refractivity contribution is -0.150. The Morgan fingerprint density at radius 1 is 0.667 bits per heavy atom. The van der Waals surface area contributed by atoms with E-state index in [1.54, 1.807) is 41.5 Å². The highest BCUT2D eigenvalue weighted by molar-refractivity contribution is 7.17. The third-order valence-electron chi connectivity index (χ3n) is 7.93. The van der Waals surface area contributed by atoms with Crippen LogP contribution in [0.2, 0.25) is 0 Å². The number of ether oxygens (including phenoxy) is 2. The van der Waals surface area contributed by atoms with Crippen molar-refractivity contribution in [1.82, 2.24) is 0 Å². The third kappa shape index (κ3) is 10.7. The van der Waals surface area contributed by atoms with Crippen LogP contribution in [0.25, 0.3) is 33.0 Å². The Morgan fingerprint density at radius 2 is 1.17 bits per heavy atom. The number of nitriles is 2. The van der Waals surface area contributed by atoms with Crippen molar-refractivity contribution in [2.24, 2.45) is 0 Å². The molecule has 0 saturated carbocycles. The van der Waals surface area contributed by atoms with Crippen molar-refractivity contribution in [3.05, 3.63) is 86.6 Å². The van der Waals surface area contributed by atoms with Crippen molar-refractivity contribution < 1.29 is 24.2 Å². The van der Waals surface area contributed by atoms with Crippen LogP contribution in [0.15, 0.2) is 65.7 Å². The third-order valence-corrected chi connectivity index (χ3v) is 10.1. The van der Waals surface area contributed by atoms with Gasteiger partial charge in [0, 0.05) is 36.3 Å². The summed E-state index contributed by atoms with van der Waals surface area (Å²) < 4.78 is 10.9. The molecule has 0 aliphatic heterocycles. The molecular formula is C44H49N3O5S2. The first-order valence-corrected chi connectivity index (χ1v) is 19.2. The molecule has 0 aliphatic rings. The van der Waals surface area contributed by atoms with Crippen LogP contribution in [0.1, 0.15) is 104 Å². The number of hydrogen-bond donors (Lipinski definition) is 2. The lowest BCUT2D eigenvalue weighted by Crippen LogP contribution is -2.24. The zero-order valence-corrected chi connectivity index (χ0v) is 34.8. The average Bonchev–Trinajstić information content (AvgIpc) is 3.70. The molecule has 0 fully saturated rings. The monoisotopic (exact) mass is 763 g/mol. The van der Waals surface area contributed by atoms with Crippen LogP contribution >= 0.6 is 22.7 Å². The van der Waals surface area contributed by atoms with Crippen LogP contribution in [0.3, 0.4) is 0 Å². The van der Waals surface area contributed by atoms with Gasteiger partial charge in [0.05, 0.1) is 5.69 Å². The molecule has 0 spiro atoms. The fourth-order valence-corrected chi connectivity index (χ4v) is 7.20. The molecule has 8 nitrogen and oxygen atoms in total. The van der Waals surface area contributed by atoms with Crippen LogP contribution in [-0.4, -0.2) is 28.2 Å². The molecule has 0 bridgehead atoms. The van der Waals surface area contributed by atoms with E-state index >= 15 is 0 Å². The lowest BCUT2D eigenvalue weighted by Gasteiger charge is -2.28. The smallest absolute Gasteiger partial charge is 0.349 e. The fourth-order valence-electron chi connectivity index (χ4n) is 5.28. The lowest BCUT2D eigenvalue weighted by atomic mass is 9.79. The number of esters is 2. The maximum absolute atomic E-state index is 12.8. The SMILES string of the molecule is CC(C)(C)OC(=O)/C(C#N)=C/c1ccc(-c2ccc(Nc3cc(C(C)(C)C)cc(C(C)(C)C)c3O)c(-c3ccc(/C=C(\C#N)C(=O)OC(C)(C)C)s3)c2)s1. The van der Waals surface area contributed by atoms with Gasteiger partial charge in [0.25, 0.3) is 0 Å². The largest absolute Gasteiger partial charge is 0.505 e. The molecule has 4 rings (SSSR count). The van der Waals surface area contributed by atoms with Crippen molar-refractivity contribution in [3.8, 4) is 38.8 Å². The average molecular weight is 764 g/mol. The molecule has 2 N–H and O–H groups in total. The number of nitrogens with zero attached hydrogens (tertiary/aromatic N) is 2. The Balaban J connectivity index is 1.86. The molecule has 4 aromatic rings. The van der Waals surface area contributed by atoms with Crippen molar-refractivity contribution in [3.63, 3.8) is 0 Å². The molecule has 2 heterocycles. The summed E-state index contributed by atoms with van der Waals surface area (Å²) in [4.78, 5) is 28.5. The first-order chi connectivity index (χ1) is 24.9. The number of thiophene rings is 2. The number of carbonyl (C=O) groups is 2. The molecular weight excluding hydrogens is 715 g/mol. The van der Waals surface area contributed by atoms with Gasteiger partial charge in [-0.05, 0) is 118 Å². The molecule has 0 amide bonds. The first kappa shape index (κ1) is 41.6. The Morgan fingerprint density at radius 3 is 1.63 bits per heavy atom. The van der Waals surface area contributed by atoms with E-state index in [-0.39, 0.29) is 27.7 Å². The molecule has 10 heteroatoms. The minimum absolute atomic E-state index is 0.0900. The van der Waals surface area contributed by atoms with Crippen LogP contribution in [0, 0.1) is 22.7 Å². The second-order valence-corrected chi connectivity index (χ2v) is 19.3. The van der Waals surface area contributed by atoms with Crippen LogP contribution in [-0.2, 0) is 29.9 Å². The summed E-state index contributed by atoms with van der Waals surface area (Å²) in [7, 11) is 0. The van der Waals surface area contributed by atoms with Crippen LogP contribution < -0.4 is 5.32 Å². The summed E-state index contributed by atoms with van der Waals surface area (Å²) in [6.07, 6.45) is 3.06. The van der Waals surface area contributed by atoms with Gasteiger partial charge in [0.2, 0.25) is 0 Å². The minimum atomic E-state index is -0.749. The molecule has 2 aromatic carbocycles. The number of anilines is 2.